The van der Waals surface area contributed by atoms with Gasteiger partial charge in [0.25, 0.3) is 0 Å². The first-order valence-electron chi connectivity index (χ1n) is 11.0. The molecule has 3 rings (SSSR count). The highest BCUT2D eigenvalue weighted by molar-refractivity contribution is 5.97. The molecule has 2 aromatic rings. The van der Waals surface area contributed by atoms with Crippen molar-refractivity contribution in [2.24, 2.45) is 5.11 Å². The lowest BCUT2D eigenvalue weighted by molar-refractivity contribution is 0.0154. The second kappa shape index (κ2) is 13.0. The molecule has 0 aliphatic heterocycles. The molecule has 9 heteroatoms. The minimum absolute atomic E-state index is 0.00866. The quantitative estimate of drug-likeness (QED) is 0.141. The smallest absolute Gasteiger partial charge is 0.162 e. The number of nitrogens with zero attached hydrogens (tertiary/aromatic N) is 3. The zero-order chi connectivity index (χ0) is 23.5. The Morgan fingerprint density at radius 2 is 1.61 bits per heavy atom. The number of hydrogen-bond acceptors (Lipinski definition) is 6. The largest absolute Gasteiger partial charge is 0.395 e. The van der Waals surface area contributed by atoms with Gasteiger partial charge in [0.1, 0.15) is 5.82 Å². The Bertz CT molecular complexity index is 994. The Kier molecular flexibility index (Phi) is 9.80. The molecule has 0 amide bonds. The molecule has 1 aliphatic carbocycles. The summed E-state index contributed by atoms with van der Waals surface area (Å²) in [6.45, 7) is 2.70. The monoisotopic (exact) mass is 457 g/mol. The number of ether oxygens (including phenoxy) is 3. The highest BCUT2D eigenvalue weighted by Gasteiger charge is 2.29. The van der Waals surface area contributed by atoms with E-state index in [1.165, 1.54) is 12.1 Å². The van der Waals surface area contributed by atoms with Crippen molar-refractivity contribution in [3.63, 3.8) is 0 Å². The van der Waals surface area contributed by atoms with Gasteiger partial charge in [-0.3, -0.25) is 4.79 Å². The van der Waals surface area contributed by atoms with Crippen molar-refractivity contribution in [3.8, 4) is 11.1 Å². The van der Waals surface area contributed by atoms with E-state index in [0.717, 1.165) is 22.3 Å². The third-order valence-corrected chi connectivity index (χ3v) is 5.45. The summed E-state index contributed by atoms with van der Waals surface area (Å²) in [6, 6.07) is 10.1. The Morgan fingerprint density at radius 1 is 0.970 bits per heavy atom. The van der Waals surface area contributed by atoms with Gasteiger partial charge in [0.15, 0.2) is 5.78 Å². The Morgan fingerprint density at radius 3 is 2.30 bits per heavy atom. The molecule has 0 aromatic heterocycles. The Labute approximate surface area is 191 Å². The SMILES string of the molecule is [N-]=[N+]=NCCOCCOCCOCCCC(=O)c1ccc2c(c1)C(CO)c1cc(F)ccc1-2. The third kappa shape index (κ3) is 6.83. The number of rotatable bonds is 15. The van der Waals surface area contributed by atoms with Crippen LogP contribution in [-0.2, 0) is 14.2 Å². The molecule has 0 spiro atoms. The minimum atomic E-state index is -0.336. The molecule has 176 valence electrons. The third-order valence-electron chi connectivity index (χ3n) is 5.45. The van der Waals surface area contributed by atoms with Gasteiger partial charge in [-0.05, 0) is 52.4 Å². The van der Waals surface area contributed by atoms with Crippen LogP contribution in [0.4, 0.5) is 4.39 Å². The van der Waals surface area contributed by atoms with Gasteiger partial charge in [0.05, 0.1) is 39.6 Å². The van der Waals surface area contributed by atoms with Gasteiger partial charge in [-0.2, -0.15) is 0 Å². The predicted molar refractivity (Wildman–Crippen MR) is 121 cm³/mol. The van der Waals surface area contributed by atoms with E-state index in [9.17, 15) is 14.3 Å². The topological polar surface area (TPSA) is 114 Å². The van der Waals surface area contributed by atoms with Crippen LogP contribution in [0.5, 0.6) is 0 Å². The molecular weight excluding hydrogens is 429 g/mol. The molecule has 8 nitrogen and oxygen atoms in total. The summed E-state index contributed by atoms with van der Waals surface area (Å²) in [7, 11) is 0. The normalized spacial score (nSPS) is 13.9. The molecule has 1 unspecified atom stereocenters. The first kappa shape index (κ1) is 24.8. The number of Topliss-reactive ketones (excluding diaryl/α,β-unsaturated/α-hetero) is 1. The van der Waals surface area contributed by atoms with Gasteiger partial charge in [0, 0.05) is 36.0 Å². The number of fused-ring (bicyclic) bond motifs is 3. The molecule has 1 aliphatic rings. The van der Waals surface area contributed by atoms with Gasteiger partial charge in [-0.25, -0.2) is 4.39 Å². The number of aliphatic hydroxyl groups is 1. The number of benzene rings is 2. The lowest BCUT2D eigenvalue weighted by Crippen LogP contribution is -2.11. The maximum absolute atomic E-state index is 13.7. The van der Waals surface area contributed by atoms with E-state index >= 15 is 0 Å². The zero-order valence-electron chi connectivity index (χ0n) is 18.4. The van der Waals surface area contributed by atoms with Crippen LogP contribution in [0.3, 0.4) is 0 Å². The van der Waals surface area contributed by atoms with Crippen molar-refractivity contribution in [1.29, 1.82) is 0 Å². The fourth-order valence-corrected chi connectivity index (χ4v) is 3.87. The predicted octanol–water partition coefficient (Wildman–Crippen LogP) is 4.25. The van der Waals surface area contributed by atoms with E-state index in [1.54, 1.807) is 12.1 Å². The van der Waals surface area contributed by atoms with Crippen LogP contribution in [0.1, 0.15) is 40.2 Å². The van der Waals surface area contributed by atoms with Gasteiger partial charge in [-0.1, -0.05) is 23.3 Å². The number of carbonyl (C=O) groups excluding carboxylic acids is 1. The second-order valence-corrected chi connectivity index (χ2v) is 7.59. The van der Waals surface area contributed by atoms with Crippen molar-refractivity contribution < 1.29 is 28.5 Å². The molecule has 0 radical (unpaired) electrons. The number of hydrogen-bond donors (Lipinski definition) is 1. The van der Waals surface area contributed by atoms with Crippen molar-refractivity contribution in [3.05, 3.63) is 69.3 Å². The molecule has 0 bridgehead atoms. The van der Waals surface area contributed by atoms with E-state index in [2.05, 4.69) is 10.0 Å². The summed E-state index contributed by atoms with van der Waals surface area (Å²) in [5.41, 5.74) is 12.2. The average Bonchev–Trinajstić information content (AvgIpc) is 3.13. The van der Waals surface area contributed by atoms with Gasteiger partial charge < -0.3 is 19.3 Å². The van der Waals surface area contributed by atoms with Crippen LogP contribution in [-0.4, -0.2) is 63.7 Å². The number of aliphatic hydroxyl groups excluding tert-OH is 1. The summed E-state index contributed by atoms with van der Waals surface area (Å²) >= 11 is 0. The summed E-state index contributed by atoms with van der Waals surface area (Å²) < 4.78 is 29.8. The summed E-state index contributed by atoms with van der Waals surface area (Å²) in [5, 5.41) is 13.2. The lowest BCUT2D eigenvalue weighted by atomic mass is 9.95. The highest BCUT2D eigenvalue weighted by Crippen LogP contribution is 2.45. The molecule has 0 saturated heterocycles. The first-order valence-corrected chi connectivity index (χ1v) is 11.0. The fourth-order valence-electron chi connectivity index (χ4n) is 3.87. The zero-order valence-corrected chi connectivity index (χ0v) is 18.4. The van der Waals surface area contributed by atoms with Crippen LogP contribution in [0.25, 0.3) is 21.6 Å². The molecule has 0 heterocycles. The molecular formula is C24H28FN3O5. The van der Waals surface area contributed by atoms with E-state index in [1.807, 2.05) is 12.1 Å². The van der Waals surface area contributed by atoms with Crippen LogP contribution in [0, 0.1) is 5.82 Å². The second-order valence-electron chi connectivity index (χ2n) is 7.59. The van der Waals surface area contributed by atoms with E-state index in [-0.39, 0.29) is 24.1 Å². The Balaban J connectivity index is 1.35. The van der Waals surface area contributed by atoms with Crippen molar-refractivity contribution in [2.45, 2.75) is 18.8 Å². The first-order chi connectivity index (χ1) is 16.2. The van der Waals surface area contributed by atoms with Crippen LogP contribution >= 0.6 is 0 Å². The summed E-state index contributed by atoms with van der Waals surface area (Å²) in [6.07, 6.45) is 0.942. The van der Waals surface area contributed by atoms with E-state index < -0.39 is 0 Å². The van der Waals surface area contributed by atoms with Crippen molar-refractivity contribution in [2.75, 3.05) is 52.8 Å². The summed E-state index contributed by atoms with van der Waals surface area (Å²) in [4.78, 5) is 15.3. The molecule has 0 fully saturated rings. The minimum Gasteiger partial charge on any atom is -0.395 e. The summed E-state index contributed by atoms with van der Waals surface area (Å²) in [5.74, 6) is -0.648. The lowest BCUT2D eigenvalue weighted by Gasteiger charge is -2.11. The van der Waals surface area contributed by atoms with E-state index in [4.69, 9.17) is 19.7 Å². The van der Waals surface area contributed by atoms with E-state index in [0.29, 0.717) is 64.6 Å². The van der Waals surface area contributed by atoms with Gasteiger partial charge in [-0.15, -0.1) is 0 Å². The molecule has 1 N–H and O–H groups in total. The molecule has 0 saturated carbocycles. The van der Waals surface area contributed by atoms with Crippen LogP contribution in [0.2, 0.25) is 0 Å². The maximum Gasteiger partial charge on any atom is 0.162 e. The van der Waals surface area contributed by atoms with Crippen LogP contribution in [0.15, 0.2) is 41.5 Å². The Hall–Kier alpha value is -2.81. The molecule has 33 heavy (non-hydrogen) atoms. The highest BCUT2D eigenvalue weighted by atomic mass is 19.1. The fraction of sp³-hybridized carbons (Fsp3) is 0.458. The average molecular weight is 458 g/mol. The molecule has 2 aromatic carbocycles. The van der Waals surface area contributed by atoms with Crippen molar-refractivity contribution in [1.82, 2.24) is 0 Å². The number of carbonyl (C=O) groups is 1. The van der Waals surface area contributed by atoms with Gasteiger partial charge in [0.2, 0.25) is 0 Å². The maximum atomic E-state index is 13.7. The number of azide groups is 1. The van der Waals surface area contributed by atoms with Gasteiger partial charge >= 0.3 is 0 Å². The van der Waals surface area contributed by atoms with Crippen LogP contribution < -0.4 is 0 Å². The molecule has 1 atom stereocenters. The van der Waals surface area contributed by atoms with Crippen molar-refractivity contribution >= 4 is 5.78 Å². The number of ketones is 1. The number of halogens is 1. The standard InChI is InChI=1S/C24H28FN3O5/c25-18-4-6-20-19-5-3-17(14-21(19)23(16-29)22(20)15-18)24(30)2-1-8-31-10-12-33-13-11-32-9-7-27-28-26/h3-6,14-15,23,29H,1-2,7-13,16H2.